The van der Waals surface area contributed by atoms with Crippen molar-refractivity contribution in [3.05, 3.63) is 10.6 Å². The molecule has 0 aromatic carbocycles. The van der Waals surface area contributed by atoms with E-state index in [1.165, 1.54) is 37.2 Å². The van der Waals surface area contributed by atoms with E-state index >= 15 is 0 Å². The molecular formula is C14H20N2OS. The SMILES string of the molecule is CC(C)c1nnsc1C(=O)CC1CC2CCC1C2. The van der Waals surface area contributed by atoms with Gasteiger partial charge in [0.2, 0.25) is 0 Å². The minimum absolute atomic E-state index is 0.284. The van der Waals surface area contributed by atoms with Gasteiger partial charge in [-0.15, -0.1) is 5.10 Å². The first-order valence-corrected chi connectivity index (χ1v) is 7.78. The molecule has 1 aromatic heterocycles. The van der Waals surface area contributed by atoms with Gasteiger partial charge in [0, 0.05) is 6.42 Å². The van der Waals surface area contributed by atoms with Gasteiger partial charge in [-0.3, -0.25) is 4.79 Å². The molecule has 0 saturated heterocycles. The van der Waals surface area contributed by atoms with E-state index in [-0.39, 0.29) is 5.78 Å². The summed E-state index contributed by atoms with van der Waals surface area (Å²) in [7, 11) is 0. The number of fused-ring (bicyclic) bond motifs is 2. The summed E-state index contributed by atoms with van der Waals surface area (Å²) in [5.41, 5.74) is 0.896. The first kappa shape index (κ1) is 12.3. The van der Waals surface area contributed by atoms with E-state index < -0.39 is 0 Å². The van der Waals surface area contributed by atoms with E-state index in [2.05, 4.69) is 23.4 Å². The number of hydrogen-bond donors (Lipinski definition) is 0. The van der Waals surface area contributed by atoms with Crippen LogP contribution < -0.4 is 0 Å². The first-order chi connectivity index (χ1) is 8.65. The van der Waals surface area contributed by atoms with Crippen LogP contribution in [0.5, 0.6) is 0 Å². The van der Waals surface area contributed by atoms with Crippen molar-refractivity contribution in [2.75, 3.05) is 0 Å². The number of Topliss-reactive ketones (excluding diaryl/α,β-unsaturated/α-hetero) is 1. The Kier molecular flexibility index (Phi) is 3.22. The minimum Gasteiger partial charge on any atom is -0.293 e. The summed E-state index contributed by atoms with van der Waals surface area (Å²) in [6.07, 6.45) is 6.12. The lowest BCUT2D eigenvalue weighted by molar-refractivity contribution is 0.0947. The Balaban J connectivity index is 1.69. The van der Waals surface area contributed by atoms with Gasteiger partial charge in [-0.1, -0.05) is 24.8 Å². The van der Waals surface area contributed by atoms with Crippen LogP contribution >= 0.6 is 11.5 Å². The zero-order valence-corrected chi connectivity index (χ0v) is 11.9. The molecule has 0 radical (unpaired) electrons. The standard InChI is InChI=1S/C14H20N2OS/c1-8(2)13-14(18-16-15-13)12(17)7-11-6-9-3-4-10(11)5-9/h8-11H,3-7H2,1-2H3. The Hall–Kier alpha value is -0.770. The lowest BCUT2D eigenvalue weighted by Crippen LogP contribution is -2.15. The molecule has 1 heterocycles. The van der Waals surface area contributed by atoms with Crippen LogP contribution in [0.1, 0.15) is 67.2 Å². The normalized spacial score (nSPS) is 30.3. The molecule has 0 spiro atoms. The molecule has 3 rings (SSSR count). The molecule has 2 saturated carbocycles. The van der Waals surface area contributed by atoms with Crippen molar-refractivity contribution in [1.82, 2.24) is 9.59 Å². The first-order valence-electron chi connectivity index (χ1n) is 7.00. The average molecular weight is 264 g/mol. The monoisotopic (exact) mass is 264 g/mol. The summed E-state index contributed by atoms with van der Waals surface area (Å²) in [5.74, 6) is 2.95. The third-order valence-corrected chi connectivity index (χ3v) is 5.43. The van der Waals surface area contributed by atoms with Gasteiger partial charge in [0.15, 0.2) is 5.78 Å². The van der Waals surface area contributed by atoms with Crippen molar-refractivity contribution in [3.8, 4) is 0 Å². The van der Waals surface area contributed by atoms with E-state index in [4.69, 9.17) is 0 Å². The molecule has 4 heteroatoms. The molecule has 3 atom stereocenters. The summed E-state index contributed by atoms with van der Waals surface area (Å²) in [6.45, 7) is 4.15. The number of ketones is 1. The molecule has 0 aliphatic heterocycles. The number of aromatic nitrogens is 2. The molecule has 3 unspecified atom stereocenters. The lowest BCUT2D eigenvalue weighted by Gasteiger charge is -2.20. The fourth-order valence-corrected chi connectivity index (χ4v) is 4.49. The summed E-state index contributed by atoms with van der Waals surface area (Å²) in [5, 5.41) is 4.11. The van der Waals surface area contributed by atoms with E-state index in [1.807, 2.05) is 0 Å². The summed E-state index contributed by atoms with van der Waals surface area (Å²) in [6, 6.07) is 0. The Morgan fingerprint density at radius 2 is 2.22 bits per heavy atom. The number of hydrogen-bond acceptors (Lipinski definition) is 4. The Bertz CT molecular complexity index is 454. The summed E-state index contributed by atoms with van der Waals surface area (Å²) < 4.78 is 3.96. The zero-order valence-electron chi connectivity index (χ0n) is 11.1. The van der Waals surface area contributed by atoms with Crippen LogP contribution in [0.2, 0.25) is 0 Å². The Morgan fingerprint density at radius 1 is 1.39 bits per heavy atom. The number of nitrogens with zero attached hydrogens (tertiary/aromatic N) is 2. The van der Waals surface area contributed by atoms with Gasteiger partial charge in [-0.2, -0.15) is 0 Å². The second-order valence-electron chi connectivity index (χ2n) is 6.20. The molecule has 2 aliphatic rings. The highest BCUT2D eigenvalue weighted by molar-refractivity contribution is 7.08. The topological polar surface area (TPSA) is 42.9 Å². The summed E-state index contributed by atoms with van der Waals surface area (Å²) in [4.78, 5) is 13.2. The highest BCUT2D eigenvalue weighted by Gasteiger charge is 2.40. The van der Waals surface area contributed by atoms with Gasteiger partial charge in [0.05, 0.1) is 5.69 Å². The average Bonchev–Trinajstić information content (AvgIpc) is 3.04. The molecular weight excluding hydrogens is 244 g/mol. The molecule has 0 N–H and O–H groups in total. The van der Waals surface area contributed by atoms with E-state index in [9.17, 15) is 4.79 Å². The molecule has 2 bridgehead atoms. The number of carbonyl (C=O) groups excluding carboxylic acids is 1. The highest BCUT2D eigenvalue weighted by Crippen LogP contribution is 2.49. The third-order valence-electron chi connectivity index (χ3n) is 4.65. The van der Waals surface area contributed by atoms with Gasteiger partial charge < -0.3 is 0 Å². The number of rotatable bonds is 4. The van der Waals surface area contributed by atoms with Crippen LogP contribution in [-0.2, 0) is 0 Å². The van der Waals surface area contributed by atoms with Gasteiger partial charge in [-0.05, 0) is 54.5 Å². The van der Waals surface area contributed by atoms with Crippen LogP contribution in [0.3, 0.4) is 0 Å². The molecule has 2 aliphatic carbocycles. The van der Waals surface area contributed by atoms with Gasteiger partial charge in [0.1, 0.15) is 4.88 Å². The predicted molar refractivity (Wildman–Crippen MR) is 71.9 cm³/mol. The van der Waals surface area contributed by atoms with Gasteiger partial charge in [0.25, 0.3) is 0 Å². The summed E-state index contributed by atoms with van der Waals surface area (Å²) >= 11 is 1.28. The zero-order chi connectivity index (χ0) is 12.7. The molecule has 1 aromatic rings. The van der Waals surface area contributed by atoms with Gasteiger partial charge >= 0.3 is 0 Å². The van der Waals surface area contributed by atoms with Crippen molar-refractivity contribution in [2.45, 2.75) is 51.9 Å². The highest BCUT2D eigenvalue weighted by atomic mass is 32.1. The maximum absolute atomic E-state index is 12.4. The van der Waals surface area contributed by atoms with Crippen LogP contribution in [0.4, 0.5) is 0 Å². The largest absolute Gasteiger partial charge is 0.293 e. The second-order valence-corrected chi connectivity index (χ2v) is 6.96. The van der Waals surface area contributed by atoms with Crippen molar-refractivity contribution < 1.29 is 4.79 Å². The third kappa shape index (κ3) is 2.11. The van der Waals surface area contributed by atoms with E-state index in [0.29, 0.717) is 11.8 Å². The number of carbonyl (C=O) groups is 1. The van der Waals surface area contributed by atoms with Crippen molar-refractivity contribution in [3.63, 3.8) is 0 Å². The smallest absolute Gasteiger partial charge is 0.176 e. The van der Waals surface area contributed by atoms with Crippen molar-refractivity contribution in [1.29, 1.82) is 0 Å². The molecule has 18 heavy (non-hydrogen) atoms. The van der Waals surface area contributed by atoms with Crippen LogP contribution in [0.15, 0.2) is 0 Å². The molecule has 98 valence electrons. The molecule has 3 nitrogen and oxygen atoms in total. The quantitative estimate of drug-likeness (QED) is 0.779. The maximum Gasteiger partial charge on any atom is 0.176 e. The fourth-order valence-electron chi connectivity index (χ4n) is 3.73. The minimum atomic E-state index is 0.284. The Morgan fingerprint density at radius 3 is 2.83 bits per heavy atom. The van der Waals surface area contributed by atoms with Crippen LogP contribution in [-0.4, -0.2) is 15.4 Å². The van der Waals surface area contributed by atoms with Gasteiger partial charge in [-0.25, -0.2) is 0 Å². The lowest BCUT2D eigenvalue weighted by atomic mass is 9.85. The van der Waals surface area contributed by atoms with Crippen molar-refractivity contribution >= 4 is 17.3 Å². The Labute approximate surface area is 112 Å². The van der Waals surface area contributed by atoms with E-state index in [1.54, 1.807) is 0 Å². The van der Waals surface area contributed by atoms with Crippen LogP contribution in [0.25, 0.3) is 0 Å². The maximum atomic E-state index is 12.4. The predicted octanol–water partition coefficient (Wildman–Crippen LogP) is 3.67. The van der Waals surface area contributed by atoms with E-state index in [0.717, 1.165) is 28.8 Å². The molecule has 2 fully saturated rings. The molecule has 0 amide bonds. The van der Waals surface area contributed by atoms with Crippen LogP contribution in [0, 0.1) is 17.8 Å². The second kappa shape index (κ2) is 4.72. The fraction of sp³-hybridized carbons (Fsp3) is 0.786. The van der Waals surface area contributed by atoms with Crippen molar-refractivity contribution in [2.24, 2.45) is 17.8 Å².